The van der Waals surface area contributed by atoms with Gasteiger partial charge in [0.15, 0.2) is 11.6 Å². The van der Waals surface area contributed by atoms with Crippen LogP contribution in [0.3, 0.4) is 0 Å². The van der Waals surface area contributed by atoms with E-state index in [0.717, 1.165) is 56.2 Å². The second kappa shape index (κ2) is 7.90. The summed E-state index contributed by atoms with van der Waals surface area (Å²) < 4.78 is 0. The predicted octanol–water partition coefficient (Wildman–Crippen LogP) is 2.76. The Kier molecular flexibility index (Phi) is 5.18. The molecule has 1 amide bonds. The second-order valence-electron chi connectivity index (χ2n) is 7.42. The predicted molar refractivity (Wildman–Crippen MR) is 105 cm³/mol. The van der Waals surface area contributed by atoms with Gasteiger partial charge >= 0.3 is 0 Å². The molecule has 3 heterocycles. The zero-order chi connectivity index (χ0) is 18.6. The van der Waals surface area contributed by atoms with Gasteiger partial charge in [0.1, 0.15) is 5.82 Å². The number of rotatable bonds is 4. The molecule has 0 aromatic carbocycles. The molecule has 1 aliphatic carbocycles. The van der Waals surface area contributed by atoms with Crippen molar-refractivity contribution in [2.45, 2.75) is 32.6 Å². The number of hydrogen-bond donors (Lipinski definition) is 1. The molecule has 2 fully saturated rings. The first-order chi connectivity index (χ1) is 13.2. The van der Waals surface area contributed by atoms with Gasteiger partial charge in [-0.15, -0.1) is 10.2 Å². The van der Waals surface area contributed by atoms with Gasteiger partial charge in [0.2, 0.25) is 5.91 Å². The molecule has 1 N–H and O–H groups in total. The van der Waals surface area contributed by atoms with Crippen LogP contribution in [0.4, 0.5) is 17.5 Å². The highest BCUT2D eigenvalue weighted by atomic mass is 16.2. The van der Waals surface area contributed by atoms with E-state index >= 15 is 0 Å². The van der Waals surface area contributed by atoms with Gasteiger partial charge in [-0.25, -0.2) is 4.98 Å². The van der Waals surface area contributed by atoms with Crippen LogP contribution in [-0.2, 0) is 4.79 Å². The van der Waals surface area contributed by atoms with E-state index in [1.54, 1.807) is 0 Å². The first kappa shape index (κ1) is 17.7. The Morgan fingerprint density at radius 2 is 1.74 bits per heavy atom. The average Bonchev–Trinajstić information content (AvgIpc) is 3.25. The molecule has 2 aromatic heterocycles. The summed E-state index contributed by atoms with van der Waals surface area (Å²) in [7, 11) is 0. The maximum atomic E-state index is 12.5. The molecule has 1 aliphatic heterocycles. The van der Waals surface area contributed by atoms with Crippen LogP contribution in [0.2, 0.25) is 0 Å². The van der Waals surface area contributed by atoms with E-state index in [4.69, 9.17) is 0 Å². The fourth-order valence-electron chi connectivity index (χ4n) is 3.82. The third-order valence-corrected chi connectivity index (χ3v) is 5.44. The van der Waals surface area contributed by atoms with Crippen molar-refractivity contribution in [3.05, 3.63) is 36.0 Å². The van der Waals surface area contributed by atoms with Gasteiger partial charge in [0, 0.05) is 38.3 Å². The van der Waals surface area contributed by atoms with E-state index in [9.17, 15) is 4.79 Å². The van der Waals surface area contributed by atoms with Crippen molar-refractivity contribution in [1.29, 1.82) is 0 Å². The van der Waals surface area contributed by atoms with Crippen LogP contribution in [0, 0.1) is 12.8 Å². The zero-order valence-electron chi connectivity index (χ0n) is 15.8. The van der Waals surface area contributed by atoms with Crippen LogP contribution >= 0.6 is 0 Å². The first-order valence-corrected chi connectivity index (χ1v) is 9.76. The molecule has 1 saturated carbocycles. The quantitative estimate of drug-likeness (QED) is 0.897. The number of carbonyl (C=O) groups excluding carboxylic acids is 1. The molecule has 1 saturated heterocycles. The van der Waals surface area contributed by atoms with E-state index in [2.05, 4.69) is 25.4 Å². The first-order valence-electron chi connectivity index (χ1n) is 9.76. The van der Waals surface area contributed by atoms with Crippen molar-refractivity contribution < 1.29 is 4.79 Å². The van der Waals surface area contributed by atoms with Crippen LogP contribution in [0.15, 0.2) is 30.5 Å². The minimum absolute atomic E-state index is 0.261. The molecule has 142 valence electrons. The molecule has 0 radical (unpaired) electrons. The molecule has 2 aromatic rings. The fourth-order valence-corrected chi connectivity index (χ4v) is 3.82. The lowest BCUT2D eigenvalue weighted by Gasteiger charge is -2.36. The maximum Gasteiger partial charge on any atom is 0.225 e. The highest BCUT2D eigenvalue weighted by molar-refractivity contribution is 5.79. The van der Waals surface area contributed by atoms with E-state index < -0.39 is 0 Å². The average molecular weight is 366 g/mol. The smallest absolute Gasteiger partial charge is 0.225 e. The van der Waals surface area contributed by atoms with Gasteiger partial charge in [-0.3, -0.25) is 4.79 Å². The van der Waals surface area contributed by atoms with Crippen molar-refractivity contribution in [1.82, 2.24) is 20.1 Å². The second-order valence-corrected chi connectivity index (χ2v) is 7.42. The number of nitrogens with one attached hydrogen (secondary N) is 1. The molecule has 0 bridgehead atoms. The van der Waals surface area contributed by atoms with Crippen LogP contribution in [0.25, 0.3) is 0 Å². The molecule has 0 atom stereocenters. The molecule has 4 rings (SSSR count). The van der Waals surface area contributed by atoms with E-state index in [1.807, 2.05) is 42.3 Å². The van der Waals surface area contributed by atoms with Gasteiger partial charge < -0.3 is 15.1 Å². The lowest BCUT2D eigenvalue weighted by Crippen LogP contribution is -2.50. The zero-order valence-corrected chi connectivity index (χ0v) is 15.8. The summed E-state index contributed by atoms with van der Waals surface area (Å²) in [5.74, 6) is 2.89. The fraction of sp³-hybridized carbons (Fsp3) is 0.500. The molecular weight excluding hydrogens is 340 g/mol. The highest BCUT2D eigenvalue weighted by Crippen LogP contribution is 2.27. The Labute approximate surface area is 159 Å². The normalized spacial score (nSPS) is 18.0. The van der Waals surface area contributed by atoms with E-state index in [-0.39, 0.29) is 5.92 Å². The number of aromatic nitrogens is 3. The summed E-state index contributed by atoms with van der Waals surface area (Å²) in [5, 5.41) is 11.8. The van der Waals surface area contributed by atoms with Crippen LogP contribution in [0.1, 0.15) is 31.2 Å². The Hall–Kier alpha value is -2.70. The van der Waals surface area contributed by atoms with E-state index in [1.165, 1.54) is 12.8 Å². The highest BCUT2D eigenvalue weighted by Gasteiger charge is 2.29. The van der Waals surface area contributed by atoms with Crippen molar-refractivity contribution in [2.24, 2.45) is 5.92 Å². The Bertz CT molecular complexity index is 762. The number of nitrogens with zero attached hydrogens (tertiary/aromatic N) is 5. The lowest BCUT2D eigenvalue weighted by molar-refractivity contribution is -0.135. The summed E-state index contributed by atoms with van der Waals surface area (Å²) in [6, 6.07) is 7.81. The molecule has 27 heavy (non-hydrogen) atoms. The van der Waals surface area contributed by atoms with E-state index in [0.29, 0.717) is 11.7 Å². The molecule has 0 spiro atoms. The topological polar surface area (TPSA) is 74.2 Å². The van der Waals surface area contributed by atoms with Crippen LogP contribution in [0.5, 0.6) is 0 Å². The summed E-state index contributed by atoms with van der Waals surface area (Å²) in [6.45, 7) is 5.15. The van der Waals surface area contributed by atoms with Crippen molar-refractivity contribution >= 4 is 23.4 Å². The monoisotopic (exact) mass is 366 g/mol. The van der Waals surface area contributed by atoms with Crippen molar-refractivity contribution in [3.8, 4) is 0 Å². The maximum absolute atomic E-state index is 12.5. The molecule has 2 aliphatic rings. The van der Waals surface area contributed by atoms with Gasteiger partial charge in [-0.05, 0) is 43.5 Å². The largest absolute Gasteiger partial charge is 0.352 e. The standard InChI is InChI=1S/C20H26N6O/c1-15-6-7-17(21-14-15)22-18-8-9-19(24-23-18)25-10-12-26(13-11-25)20(27)16-4-2-3-5-16/h6-9,14,16H,2-5,10-13H2,1H3,(H,21,22,23). The molecule has 0 unspecified atom stereocenters. The minimum atomic E-state index is 0.261. The number of amides is 1. The Balaban J connectivity index is 1.32. The third-order valence-electron chi connectivity index (χ3n) is 5.44. The van der Waals surface area contributed by atoms with Gasteiger partial charge in [0.25, 0.3) is 0 Å². The van der Waals surface area contributed by atoms with Crippen LogP contribution in [-0.4, -0.2) is 52.2 Å². The summed E-state index contributed by atoms with van der Waals surface area (Å²) in [4.78, 5) is 21.1. The van der Waals surface area contributed by atoms with Gasteiger partial charge in [0.05, 0.1) is 0 Å². The SMILES string of the molecule is Cc1ccc(Nc2ccc(N3CCN(C(=O)C4CCCC4)CC3)nn2)nc1. The molecule has 7 nitrogen and oxygen atoms in total. The number of pyridine rings is 1. The molecule has 7 heteroatoms. The Morgan fingerprint density at radius 1 is 1.00 bits per heavy atom. The van der Waals surface area contributed by atoms with Crippen molar-refractivity contribution in [2.75, 3.05) is 36.4 Å². The molecular formula is C20H26N6O. The van der Waals surface area contributed by atoms with Gasteiger partial charge in [-0.2, -0.15) is 0 Å². The summed E-state index contributed by atoms with van der Waals surface area (Å²) in [6.07, 6.45) is 6.34. The van der Waals surface area contributed by atoms with Gasteiger partial charge in [-0.1, -0.05) is 18.9 Å². The van der Waals surface area contributed by atoms with Crippen LogP contribution < -0.4 is 10.2 Å². The van der Waals surface area contributed by atoms with Crippen molar-refractivity contribution in [3.63, 3.8) is 0 Å². The lowest BCUT2D eigenvalue weighted by atomic mass is 10.1. The number of aryl methyl sites for hydroxylation is 1. The minimum Gasteiger partial charge on any atom is -0.352 e. The number of piperazine rings is 1. The summed E-state index contributed by atoms with van der Waals surface area (Å²) in [5.41, 5.74) is 1.12. The number of carbonyl (C=O) groups is 1. The third kappa shape index (κ3) is 4.18. The number of hydrogen-bond acceptors (Lipinski definition) is 6. The Morgan fingerprint density at radius 3 is 2.37 bits per heavy atom. The summed E-state index contributed by atoms with van der Waals surface area (Å²) >= 11 is 0. The number of anilines is 3.